The lowest BCUT2D eigenvalue weighted by molar-refractivity contribution is 0.0661. The van der Waals surface area contributed by atoms with Gasteiger partial charge in [0.2, 0.25) is 0 Å². The lowest BCUT2D eigenvalue weighted by Crippen LogP contribution is -2.47. The van der Waals surface area contributed by atoms with E-state index in [2.05, 4.69) is 238 Å². The summed E-state index contributed by atoms with van der Waals surface area (Å²) in [6, 6.07) is 57.3. The van der Waals surface area contributed by atoms with E-state index in [4.69, 9.17) is 0 Å². The van der Waals surface area contributed by atoms with Gasteiger partial charge in [-0.15, -0.1) is 0 Å². The summed E-state index contributed by atoms with van der Waals surface area (Å²) in [5, 5.41) is 0. The van der Waals surface area contributed by atoms with E-state index in [1.165, 1.54) is 133 Å². The minimum absolute atomic E-state index is 0.0478. The summed E-state index contributed by atoms with van der Waals surface area (Å²) in [5.41, 5.74) is 28.7. The molecule has 0 saturated heterocycles. The van der Waals surface area contributed by atoms with Crippen molar-refractivity contribution in [3.8, 4) is 22.3 Å². The molecule has 0 heterocycles. The second kappa shape index (κ2) is 17.2. The number of rotatable bonds is 12. The van der Waals surface area contributed by atoms with E-state index in [0.717, 1.165) is 32.1 Å². The van der Waals surface area contributed by atoms with Crippen molar-refractivity contribution in [2.75, 3.05) is 9.80 Å². The van der Waals surface area contributed by atoms with Gasteiger partial charge in [0.25, 0.3) is 0 Å². The molecule has 12 rings (SSSR count). The molecule has 5 aliphatic carbocycles. The highest BCUT2D eigenvalue weighted by atomic mass is 15.1. The standard InChI is InChI=1S/C72H80N2/c1-13-16-24-47(23-14-2)66-58-37-50(73(48-25-19-17-20-26-48)52-31-35-60-64(39-52)69(8,9)43-67(60,4)5)29-33-54(58)56-42-63-57(41-59(56)66)55-34-30-51(38-62(55)72(63)45-71(12,15-3)46-72)74(49-27-21-18-22-28-49)53-32-36-61-65(40-53)70(10,11)44-68(61,6)7/h17-22,25-42H,13-16,23-24,43-46H2,1-12H3. The van der Waals surface area contributed by atoms with Gasteiger partial charge in [-0.05, 0) is 229 Å². The van der Waals surface area contributed by atoms with E-state index >= 15 is 0 Å². The second-order valence-corrected chi connectivity index (χ2v) is 26.5. The fourth-order valence-electron chi connectivity index (χ4n) is 16.1. The molecule has 1 spiro atoms. The van der Waals surface area contributed by atoms with Gasteiger partial charge in [-0.25, -0.2) is 0 Å². The fraction of sp³-hybridized carbons (Fsp3) is 0.389. The summed E-state index contributed by atoms with van der Waals surface area (Å²) in [6.45, 7) is 29.1. The molecule has 0 aliphatic heterocycles. The van der Waals surface area contributed by atoms with Gasteiger partial charge in [-0.1, -0.05) is 169 Å². The van der Waals surface area contributed by atoms with Crippen molar-refractivity contribution >= 4 is 39.7 Å². The van der Waals surface area contributed by atoms with Crippen molar-refractivity contribution in [1.82, 2.24) is 0 Å². The highest BCUT2D eigenvalue weighted by molar-refractivity contribution is 6.06. The molecule has 1 saturated carbocycles. The molecule has 0 N–H and O–H groups in total. The van der Waals surface area contributed by atoms with Crippen molar-refractivity contribution < 1.29 is 0 Å². The van der Waals surface area contributed by atoms with Gasteiger partial charge in [-0.2, -0.15) is 0 Å². The van der Waals surface area contributed by atoms with Crippen LogP contribution in [0.2, 0.25) is 0 Å². The maximum atomic E-state index is 2.70. The summed E-state index contributed by atoms with van der Waals surface area (Å²) in [4.78, 5) is 5.07. The summed E-state index contributed by atoms with van der Waals surface area (Å²) < 4.78 is 0. The lowest BCUT2D eigenvalue weighted by Gasteiger charge is -2.54. The van der Waals surface area contributed by atoms with Crippen LogP contribution < -0.4 is 9.80 Å². The summed E-state index contributed by atoms with van der Waals surface area (Å²) in [7, 11) is 0. The van der Waals surface area contributed by atoms with Crippen molar-refractivity contribution in [2.45, 2.75) is 174 Å². The number of hydrogen-bond acceptors (Lipinski definition) is 2. The van der Waals surface area contributed by atoms with Gasteiger partial charge in [0.05, 0.1) is 0 Å². The van der Waals surface area contributed by atoms with E-state index < -0.39 is 0 Å². The Morgan fingerprint density at radius 1 is 0.365 bits per heavy atom. The number of benzene rings is 7. The highest BCUT2D eigenvalue weighted by Gasteiger charge is 2.57. The monoisotopic (exact) mass is 973 g/mol. The van der Waals surface area contributed by atoms with Crippen LogP contribution in [-0.4, -0.2) is 0 Å². The molecular formula is C72H80N2. The summed E-state index contributed by atoms with van der Waals surface area (Å²) in [5.74, 6) is 0. The molecule has 74 heavy (non-hydrogen) atoms. The highest BCUT2D eigenvalue weighted by Crippen LogP contribution is 2.68. The molecule has 378 valence electrons. The fourth-order valence-corrected chi connectivity index (χ4v) is 16.1. The summed E-state index contributed by atoms with van der Waals surface area (Å²) >= 11 is 0. The molecule has 1 fully saturated rings. The first-order valence-corrected chi connectivity index (χ1v) is 28.5. The van der Waals surface area contributed by atoms with Crippen LogP contribution in [0, 0.1) is 5.41 Å². The van der Waals surface area contributed by atoms with Crippen molar-refractivity contribution in [2.24, 2.45) is 5.41 Å². The van der Waals surface area contributed by atoms with E-state index in [1.807, 2.05) is 0 Å². The Morgan fingerprint density at radius 2 is 0.824 bits per heavy atom. The van der Waals surface area contributed by atoms with Crippen molar-refractivity contribution in [1.29, 1.82) is 0 Å². The molecule has 5 aliphatic rings. The molecule has 0 unspecified atom stereocenters. The molecule has 0 radical (unpaired) electrons. The van der Waals surface area contributed by atoms with E-state index in [0.29, 0.717) is 5.41 Å². The Hall–Kier alpha value is -6.12. The average Bonchev–Trinajstić information content (AvgIpc) is 3.96. The number of hydrogen-bond donors (Lipinski definition) is 0. The largest absolute Gasteiger partial charge is 0.310 e. The van der Waals surface area contributed by atoms with Crippen molar-refractivity contribution in [3.05, 3.63) is 196 Å². The zero-order valence-corrected chi connectivity index (χ0v) is 46.8. The number of para-hydroxylation sites is 2. The molecular weight excluding hydrogens is 893 g/mol. The van der Waals surface area contributed by atoms with Gasteiger partial charge in [0.1, 0.15) is 0 Å². The number of unbranched alkanes of at least 4 members (excludes halogenated alkanes) is 1. The predicted octanol–water partition coefficient (Wildman–Crippen LogP) is 20.8. The number of allylic oxidation sites excluding steroid dienone is 1. The Bertz CT molecular complexity index is 3390. The molecule has 2 nitrogen and oxygen atoms in total. The van der Waals surface area contributed by atoms with Crippen LogP contribution in [0.3, 0.4) is 0 Å². The number of nitrogens with zero attached hydrogens (tertiary/aromatic N) is 2. The molecule has 0 aromatic heterocycles. The van der Waals surface area contributed by atoms with Crippen LogP contribution in [0.4, 0.5) is 34.1 Å². The van der Waals surface area contributed by atoms with Crippen LogP contribution in [0.25, 0.3) is 27.8 Å². The van der Waals surface area contributed by atoms with Gasteiger partial charge in [0, 0.05) is 39.5 Å². The van der Waals surface area contributed by atoms with Gasteiger partial charge in [-0.3, -0.25) is 0 Å². The maximum absolute atomic E-state index is 2.70. The smallest absolute Gasteiger partial charge is 0.0468 e. The van der Waals surface area contributed by atoms with Crippen LogP contribution in [0.1, 0.15) is 192 Å². The third kappa shape index (κ3) is 7.53. The molecule has 0 bridgehead atoms. The second-order valence-electron chi connectivity index (χ2n) is 26.5. The third-order valence-corrected chi connectivity index (χ3v) is 19.1. The zero-order valence-electron chi connectivity index (χ0n) is 46.8. The Kier molecular flexibility index (Phi) is 11.3. The first kappa shape index (κ1) is 48.8. The van der Waals surface area contributed by atoms with Crippen LogP contribution >= 0.6 is 0 Å². The normalized spacial score (nSPS) is 22.1. The Morgan fingerprint density at radius 3 is 1.34 bits per heavy atom. The quantitative estimate of drug-likeness (QED) is 0.120. The third-order valence-electron chi connectivity index (χ3n) is 19.1. The Balaban J connectivity index is 1.03. The van der Waals surface area contributed by atoms with Crippen LogP contribution in [0.15, 0.2) is 151 Å². The zero-order chi connectivity index (χ0) is 51.7. The summed E-state index contributed by atoms with van der Waals surface area (Å²) in [6.07, 6.45) is 11.6. The van der Waals surface area contributed by atoms with Gasteiger partial charge in [0.15, 0.2) is 0 Å². The molecule has 0 atom stereocenters. The first-order valence-electron chi connectivity index (χ1n) is 28.5. The number of fused-ring (bicyclic) bond motifs is 10. The molecule has 0 amide bonds. The van der Waals surface area contributed by atoms with E-state index in [1.54, 1.807) is 11.1 Å². The molecule has 7 aromatic rings. The van der Waals surface area contributed by atoms with Crippen molar-refractivity contribution in [3.63, 3.8) is 0 Å². The lowest BCUT2D eigenvalue weighted by atomic mass is 9.49. The predicted molar refractivity (Wildman–Crippen MR) is 317 cm³/mol. The SMILES string of the molecule is CCCCC(CCC)=C1c2cc(N(c3ccccc3)c3ccc4c(c3)C(C)(C)CC4(C)C)ccc2-c2cc3c(cc21)-c1ccc(N(c2ccccc2)c2ccc4c(c2)C(C)(C)CC4(C)C)cc1C31CC(C)(CC)C1. The topological polar surface area (TPSA) is 6.48 Å². The average molecular weight is 973 g/mol. The van der Waals surface area contributed by atoms with Crippen LogP contribution in [-0.2, 0) is 27.1 Å². The van der Waals surface area contributed by atoms with Gasteiger partial charge < -0.3 is 9.80 Å². The van der Waals surface area contributed by atoms with Crippen LogP contribution in [0.5, 0.6) is 0 Å². The Labute approximate surface area is 445 Å². The van der Waals surface area contributed by atoms with E-state index in [9.17, 15) is 0 Å². The molecule has 7 aromatic carbocycles. The minimum Gasteiger partial charge on any atom is -0.310 e. The van der Waals surface area contributed by atoms with Gasteiger partial charge >= 0.3 is 0 Å². The number of anilines is 6. The molecule has 2 heteroatoms. The minimum atomic E-state index is -0.0478. The first-order chi connectivity index (χ1) is 35.3. The maximum Gasteiger partial charge on any atom is 0.0468 e. The van der Waals surface area contributed by atoms with E-state index in [-0.39, 0.29) is 27.1 Å².